The molecule has 0 aliphatic rings. The molecule has 0 unspecified atom stereocenters. The van der Waals surface area contributed by atoms with Crippen LogP contribution in [0.4, 0.5) is 45.5 Å². The van der Waals surface area contributed by atoms with Crippen molar-refractivity contribution >= 4 is 88.6 Å². The number of hydrogen-bond acceptors (Lipinski definition) is 6. The van der Waals surface area contributed by atoms with E-state index in [9.17, 15) is 20.2 Å². The van der Waals surface area contributed by atoms with Gasteiger partial charge in [-0.05, 0) is 150 Å². The number of nitro groups is 2. The van der Waals surface area contributed by atoms with E-state index in [2.05, 4.69) is 131 Å². The van der Waals surface area contributed by atoms with Crippen molar-refractivity contribution in [2.75, 3.05) is 9.80 Å². The number of nitro benzene ring substituents is 2. The molecule has 0 atom stereocenters. The Kier molecular flexibility index (Phi) is 9.94. The van der Waals surface area contributed by atoms with E-state index >= 15 is 0 Å². The van der Waals surface area contributed by atoms with Crippen LogP contribution in [0.3, 0.4) is 0 Å². The molecule has 0 aliphatic carbocycles. The summed E-state index contributed by atoms with van der Waals surface area (Å²) < 4.78 is 0. The standard InChI is InChI=1S/C58H38N4O4/c63-61(64)49-27-23-47(24-28-49)59(45-15-3-1-4-16-45)51-31-33-53-55(37-51)57(43-21-19-39-11-7-9-13-41(39)35-43)54-34-32-52(38-56(54)58(53)44-22-20-40-12-8-10-14-42(40)36-44)60(46-17-5-2-6-18-46)48-25-29-50(30-26-48)62(65)66/h1-38H. The molecule has 0 saturated heterocycles. The van der Waals surface area contributed by atoms with E-state index in [4.69, 9.17) is 0 Å². The molecule has 8 nitrogen and oxygen atoms in total. The lowest BCUT2D eigenvalue weighted by Gasteiger charge is -2.28. The van der Waals surface area contributed by atoms with Gasteiger partial charge in [-0.1, -0.05) is 121 Å². The van der Waals surface area contributed by atoms with E-state index in [-0.39, 0.29) is 21.2 Å². The van der Waals surface area contributed by atoms with Crippen molar-refractivity contribution in [3.63, 3.8) is 0 Å². The van der Waals surface area contributed by atoms with Crippen molar-refractivity contribution in [3.05, 3.63) is 251 Å². The van der Waals surface area contributed by atoms with Crippen LogP contribution >= 0.6 is 0 Å². The fourth-order valence-corrected chi connectivity index (χ4v) is 9.29. The second kappa shape index (κ2) is 16.5. The highest BCUT2D eigenvalue weighted by atomic mass is 16.6. The molecule has 0 saturated carbocycles. The summed E-state index contributed by atoms with van der Waals surface area (Å²) in [5.74, 6) is 0. The van der Waals surface area contributed by atoms with E-state index in [1.165, 1.54) is 0 Å². The predicted octanol–water partition coefficient (Wildman–Crippen LogP) is 16.4. The van der Waals surface area contributed by atoms with Gasteiger partial charge in [-0.25, -0.2) is 0 Å². The number of fused-ring (bicyclic) bond motifs is 4. The Morgan fingerprint density at radius 3 is 1.00 bits per heavy atom. The summed E-state index contributed by atoms with van der Waals surface area (Å²) in [5, 5.41) is 32.2. The molecule has 11 aromatic rings. The highest BCUT2D eigenvalue weighted by Gasteiger charge is 2.23. The molecule has 8 heteroatoms. The summed E-state index contributed by atoms with van der Waals surface area (Å²) in [6, 6.07) is 76.7. The van der Waals surface area contributed by atoms with Gasteiger partial charge in [0.15, 0.2) is 0 Å². The highest BCUT2D eigenvalue weighted by Crippen LogP contribution is 2.49. The number of anilines is 6. The topological polar surface area (TPSA) is 92.8 Å². The number of rotatable bonds is 10. The monoisotopic (exact) mass is 854 g/mol. The fourth-order valence-electron chi connectivity index (χ4n) is 9.29. The van der Waals surface area contributed by atoms with Gasteiger partial charge in [0.05, 0.1) is 9.85 Å². The third-order valence-corrected chi connectivity index (χ3v) is 12.3. The molecule has 314 valence electrons. The molecule has 0 amide bonds. The lowest BCUT2D eigenvalue weighted by atomic mass is 9.84. The first kappa shape index (κ1) is 39.7. The second-order valence-electron chi connectivity index (χ2n) is 16.2. The van der Waals surface area contributed by atoms with Gasteiger partial charge in [0, 0.05) is 58.4 Å². The maximum absolute atomic E-state index is 11.8. The van der Waals surface area contributed by atoms with Crippen molar-refractivity contribution in [1.29, 1.82) is 0 Å². The van der Waals surface area contributed by atoms with Gasteiger partial charge in [-0.2, -0.15) is 0 Å². The Morgan fingerprint density at radius 2 is 0.621 bits per heavy atom. The fraction of sp³-hybridized carbons (Fsp3) is 0. The number of hydrogen-bond donors (Lipinski definition) is 0. The smallest absolute Gasteiger partial charge is 0.269 e. The van der Waals surface area contributed by atoms with Crippen LogP contribution < -0.4 is 9.80 Å². The summed E-state index contributed by atoms with van der Waals surface area (Å²) in [5.41, 5.74) is 9.42. The molecule has 0 fully saturated rings. The molecule has 0 heterocycles. The van der Waals surface area contributed by atoms with E-state index in [1.54, 1.807) is 48.5 Å². The largest absolute Gasteiger partial charge is 0.310 e. The van der Waals surface area contributed by atoms with Crippen LogP contribution in [0.2, 0.25) is 0 Å². The average molecular weight is 855 g/mol. The quantitative estimate of drug-likeness (QED) is 0.0773. The normalized spacial score (nSPS) is 11.3. The summed E-state index contributed by atoms with van der Waals surface area (Å²) in [4.78, 5) is 27.0. The maximum atomic E-state index is 11.8. The molecule has 66 heavy (non-hydrogen) atoms. The van der Waals surface area contributed by atoms with Gasteiger partial charge in [0.1, 0.15) is 0 Å². The summed E-state index contributed by atoms with van der Waals surface area (Å²) >= 11 is 0. The number of benzene rings is 11. The minimum Gasteiger partial charge on any atom is -0.310 e. The molecule has 0 aliphatic heterocycles. The van der Waals surface area contributed by atoms with Gasteiger partial charge >= 0.3 is 0 Å². The molecular formula is C58H38N4O4. The Hall–Kier alpha value is -9.14. The number of nitrogens with zero attached hydrogens (tertiary/aromatic N) is 4. The SMILES string of the molecule is O=[N+]([O-])c1ccc(N(c2ccccc2)c2ccc3c(-c4ccc5ccccc5c4)c4cc(N(c5ccccc5)c5ccc([N+](=O)[O-])cc5)ccc4c(-c4ccc5ccccc5c4)c3c2)cc1. The lowest BCUT2D eigenvalue weighted by Crippen LogP contribution is -2.10. The lowest BCUT2D eigenvalue weighted by molar-refractivity contribution is -0.385. The van der Waals surface area contributed by atoms with Crippen molar-refractivity contribution in [2.24, 2.45) is 0 Å². The van der Waals surface area contributed by atoms with Crippen LogP contribution in [-0.4, -0.2) is 9.85 Å². The van der Waals surface area contributed by atoms with Crippen LogP contribution in [0.25, 0.3) is 65.3 Å². The molecule has 0 aromatic heterocycles. The number of non-ortho nitro benzene ring substituents is 2. The molecule has 11 rings (SSSR count). The Morgan fingerprint density at radius 1 is 0.288 bits per heavy atom. The van der Waals surface area contributed by atoms with E-state index in [1.807, 2.05) is 60.7 Å². The first-order chi connectivity index (χ1) is 32.4. The van der Waals surface area contributed by atoms with E-state index < -0.39 is 0 Å². The summed E-state index contributed by atoms with van der Waals surface area (Å²) in [7, 11) is 0. The first-order valence-corrected chi connectivity index (χ1v) is 21.6. The zero-order valence-corrected chi connectivity index (χ0v) is 35.4. The molecule has 0 bridgehead atoms. The zero-order valence-electron chi connectivity index (χ0n) is 35.4. The van der Waals surface area contributed by atoms with Crippen LogP contribution in [0.1, 0.15) is 0 Å². The Balaban J connectivity index is 1.24. The van der Waals surface area contributed by atoms with E-state index in [0.717, 1.165) is 99.5 Å². The second-order valence-corrected chi connectivity index (χ2v) is 16.2. The third-order valence-electron chi connectivity index (χ3n) is 12.3. The summed E-state index contributed by atoms with van der Waals surface area (Å²) in [6.45, 7) is 0. The van der Waals surface area contributed by atoms with Crippen molar-refractivity contribution < 1.29 is 9.85 Å². The number of para-hydroxylation sites is 2. The summed E-state index contributed by atoms with van der Waals surface area (Å²) in [6.07, 6.45) is 0. The molecule has 0 spiro atoms. The molecule has 11 aromatic carbocycles. The third kappa shape index (κ3) is 7.18. The van der Waals surface area contributed by atoms with Gasteiger partial charge in [-0.3, -0.25) is 20.2 Å². The Labute approximate surface area is 379 Å². The molecular weight excluding hydrogens is 817 g/mol. The van der Waals surface area contributed by atoms with Crippen molar-refractivity contribution in [2.45, 2.75) is 0 Å². The van der Waals surface area contributed by atoms with Crippen LogP contribution in [0, 0.1) is 20.2 Å². The maximum Gasteiger partial charge on any atom is 0.269 e. The highest BCUT2D eigenvalue weighted by molar-refractivity contribution is 6.23. The molecule has 0 N–H and O–H groups in total. The average Bonchev–Trinajstić information content (AvgIpc) is 3.36. The zero-order chi connectivity index (χ0) is 44.7. The minimum absolute atomic E-state index is 0.0223. The van der Waals surface area contributed by atoms with Crippen molar-refractivity contribution in [1.82, 2.24) is 0 Å². The van der Waals surface area contributed by atoms with Gasteiger partial charge in [-0.15, -0.1) is 0 Å². The van der Waals surface area contributed by atoms with Crippen LogP contribution in [0.15, 0.2) is 231 Å². The van der Waals surface area contributed by atoms with Gasteiger partial charge < -0.3 is 9.80 Å². The minimum atomic E-state index is -0.377. The van der Waals surface area contributed by atoms with Crippen LogP contribution in [-0.2, 0) is 0 Å². The first-order valence-electron chi connectivity index (χ1n) is 21.6. The van der Waals surface area contributed by atoms with Gasteiger partial charge in [0.25, 0.3) is 11.4 Å². The van der Waals surface area contributed by atoms with E-state index in [0.29, 0.717) is 0 Å². The van der Waals surface area contributed by atoms with Gasteiger partial charge in [0.2, 0.25) is 0 Å². The molecule has 0 radical (unpaired) electrons. The Bertz CT molecular complexity index is 3410. The van der Waals surface area contributed by atoms with Crippen LogP contribution in [0.5, 0.6) is 0 Å². The van der Waals surface area contributed by atoms with Crippen molar-refractivity contribution in [3.8, 4) is 22.3 Å². The predicted molar refractivity (Wildman–Crippen MR) is 270 cm³/mol.